The molecule has 0 atom stereocenters. The third-order valence-corrected chi connectivity index (χ3v) is 12.0. The van der Waals surface area contributed by atoms with Crippen LogP contribution in [0.3, 0.4) is 0 Å². The van der Waals surface area contributed by atoms with Crippen molar-refractivity contribution in [3.63, 3.8) is 0 Å². The van der Waals surface area contributed by atoms with Gasteiger partial charge < -0.3 is 8.98 Å². The lowest BCUT2D eigenvalue weighted by Gasteiger charge is -2.11. The van der Waals surface area contributed by atoms with E-state index in [1.165, 1.54) is 60.6 Å². The summed E-state index contributed by atoms with van der Waals surface area (Å²) in [7, 11) is 0. The van der Waals surface area contributed by atoms with Gasteiger partial charge in [0, 0.05) is 32.9 Å². The lowest BCUT2D eigenvalue weighted by atomic mass is 9.99. The third-order valence-electron chi connectivity index (χ3n) is 12.0. The molecule has 0 saturated carbocycles. The predicted molar refractivity (Wildman–Crippen MR) is 247 cm³/mol. The summed E-state index contributed by atoms with van der Waals surface area (Å²) in [5.74, 6) is 0. The Morgan fingerprint density at radius 3 is 1.31 bits per heavy atom. The number of fused-ring (bicyclic) bond motifs is 8. The standard InChI is InChI=1S/C56H36N2O/c1-4-12-37(13-5-1)42-27-32-52-49(34-42)50-35-43(38-14-6-2-7-15-38)28-33-53(50)57(52)46-29-24-40(25-30-46)39-20-22-41(23-21-39)44-26-31-48-54(36-44)59-56-55(48)47-18-10-11-19-51(47)58(56)45-16-8-3-9-17-45/h1-36H. The number of benzene rings is 9. The minimum atomic E-state index is 0.873. The molecule has 3 heterocycles. The molecule has 0 bridgehead atoms. The van der Waals surface area contributed by atoms with Crippen molar-refractivity contribution < 1.29 is 4.42 Å². The molecule has 3 heteroatoms. The van der Waals surface area contributed by atoms with Gasteiger partial charge in [-0.25, -0.2) is 0 Å². The highest BCUT2D eigenvalue weighted by molar-refractivity contribution is 6.20. The molecule has 59 heavy (non-hydrogen) atoms. The van der Waals surface area contributed by atoms with Gasteiger partial charge in [-0.05, 0) is 111 Å². The van der Waals surface area contributed by atoms with E-state index in [4.69, 9.17) is 4.42 Å². The van der Waals surface area contributed by atoms with Crippen LogP contribution in [0.1, 0.15) is 0 Å². The Balaban J connectivity index is 0.892. The Hall–Kier alpha value is -7.88. The highest BCUT2D eigenvalue weighted by atomic mass is 16.3. The summed E-state index contributed by atoms with van der Waals surface area (Å²) < 4.78 is 11.3. The maximum atomic E-state index is 6.69. The van der Waals surface area contributed by atoms with Crippen LogP contribution >= 0.6 is 0 Å². The number of aromatic nitrogens is 2. The molecule has 9 aromatic carbocycles. The zero-order valence-electron chi connectivity index (χ0n) is 32.1. The van der Waals surface area contributed by atoms with Gasteiger partial charge in [0.15, 0.2) is 0 Å². The normalized spacial score (nSPS) is 11.7. The molecule has 3 aromatic heterocycles. The zero-order chi connectivity index (χ0) is 38.9. The number of para-hydroxylation sites is 2. The van der Waals surface area contributed by atoms with E-state index in [0.717, 1.165) is 50.1 Å². The topological polar surface area (TPSA) is 23.0 Å². The van der Waals surface area contributed by atoms with Crippen LogP contribution in [0.4, 0.5) is 0 Å². The average Bonchev–Trinajstić information content (AvgIpc) is 3.96. The summed E-state index contributed by atoms with van der Waals surface area (Å²) in [6, 6.07) is 78.5. The molecule has 0 radical (unpaired) electrons. The molecule has 0 N–H and O–H groups in total. The Kier molecular flexibility index (Phi) is 7.54. The number of nitrogens with zero attached hydrogens (tertiary/aromatic N) is 2. The molecule has 0 unspecified atom stereocenters. The van der Waals surface area contributed by atoms with Crippen molar-refractivity contribution in [2.24, 2.45) is 0 Å². The van der Waals surface area contributed by atoms with Crippen LogP contribution in [0.2, 0.25) is 0 Å². The Bertz CT molecular complexity index is 3400. The summed E-state index contributed by atoms with van der Waals surface area (Å²) >= 11 is 0. The highest BCUT2D eigenvalue weighted by Crippen LogP contribution is 2.41. The summed E-state index contributed by atoms with van der Waals surface area (Å²) in [4.78, 5) is 0. The van der Waals surface area contributed by atoms with E-state index in [0.29, 0.717) is 0 Å². The minimum Gasteiger partial charge on any atom is -0.439 e. The maximum Gasteiger partial charge on any atom is 0.213 e. The van der Waals surface area contributed by atoms with Gasteiger partial charge in [-0.3, -0.25) is 4.57 Å². The van der Waals surface area contributed by atoms with Crippen LogP contribution in [-0.4, -0.2) is 9.13 Å². The number of hydrogen-bond acceptors (Lipinski definition) is 1. The van der Waals surface area contributed by atoms with Crippen molar-refractivity contribution in [1.82, 2.24) is 9.13 Å². The van der Waals surface area contributed by atoms with Crippen molar-refractivity contribution in [2.45, 2.75) is 0 Å². The van der Waals surface area contributed by atoms with Crippen molar-refractivity contribution >= 4 is 54.8 Å². The van der Waals surface area contributed by atoms with E-state index in [1.807, 2.05) is 6.07 Å². The van der Waals surface area contributed by atoms with E-state index in [1.54, 1.807) is 0 Å². The number of hydrogen-bond donors (Lipinski definition) is 0. The van der Waals surface area contributed by atoms with Gasteiger partial charge in [0.25, 0.3) is 0 Å². The molecule has 0 aliphatic rings. The van der Waals surface area contributed by atoms with Crippen LogP contribution < -0.4 is 0 Å². The second kappa shape index (κ2) is 13.4. The summed E-state index contributed by atoms with van der Waals surface area (Å²) in [6.45, 7) is 0. The van der Waals surface area contributed by atoms with Gasteiger partial charge in [0.05, 0.1) is 21.9 Å². The molecule has 0 aliphatic carbocycles. The van der Waals surface area contributed by atoms with Crippen molar-refractivity contribution in [1.29, 1.82) is 0 Å². The monoisotopic (exact) mass is 752 g/mol. The molecule has 12 rings (SSSR count). The number of rotatable bonds is 6. The first-order valence-corrected chi connectivity index (χ1v) is 20.2. The van der Waals surface area contributed by atoms with Crippen LogP contribution in [0.5, 0.6) is 0 Å². The highest BCUT2D eigenvalue weighted by Gasteiger charge is 2.20. The van der Waals surface area contributed by atoms with E-state index in [9.17, 15) is 0 Å². The third kappa shape index (κ3) is 5.44. The Morgan fingerprint density at radius 2 is 0.695 bits per heavy atom. The fraction of sp³-hybridized carbons (Fsp3) is 0. The number of furan rings is 1. The SMILES string of the molecule is c1ccc(-c2ccc3c(c2)c2cc(-c4ccccc4)ccc2n3-c2ccc(-c3ccc(-c4ccc5c(c4)oc4c5c5ccccc5n4-c4ccccc4)cc3)cc2)cc1. The fourth-order valence-corrected chi connectivity index (χ4v) is 9.08. The van der Waals surface area contributed by atoms with E-state index >= 15 is 0 Å². The Labute approximate surface area is 341 Å². The van der Waals surface area contributed by atoms with Crippen LogP contribution in [0, 0.1) is 0 Å². The molecular formula is C56H36N2O. The second-order valence-electron chi connectivity index (χ2n) is 15.3. The maximum absolute atomic E-state index is 6.69. The smallest absolute Gasteiger partial charge is 0.213 e. The lowest BCUT2D eigenvalue weighted by molar-refractivity contribution is 0.645. The van der Waals surface area contributed by atoms with Gasteiger partial charge >= 0.3 is 0 Å². The molecule has 0 aliphatic heterocycles. The van der Waals surface area contributed by atoms with Crippen LogP contribution in [-0.2, 0) is 0 Å². The molecule has 3 nitrogen and oxygen atoms in total. The zero-order valence-corrected chi connectivity index (χ0v) is 32.1. The first kappa shape index (κ1) is 33.3. The quantitative estimate of drug-likeness (QED) is 0.166. The first-order chi connectivity index (χ1) is 29.2. The molecule has 0 spiro atoms. The molecule has 0 fully saturated rings. The first-order valence-electron chi connectivity index (χ1n) is 20.2. The van der Waals surface area contributed by atoms with Crippen molar-refractivity contribution in [3.8, 4) is 55.9 Å². The molecule has 0 saturated heterocycles. The van der Waals surface area contributed by atoms with Crippen LogP contribution in [0.25, 0.3) is 111 Å². The van der Waals surface area contributed by atoms with Gasteiger partial charge in [-0.15, -0.1) is 0 Å². The molecule has 0 amide bonds. The minimum absolute atomic E-state index is 0.873. The summed E-state index contributed by atoms with van der Waals surface area (Å²) in [5, 5.41) is 5.96. The predicted octanol–water partition coefficient (Wildman–Crippen LogP) is 15.3. The van der Waals surface area contributed by atoms with Gasteiger partial charge in [-0.2, -0.15) is 0 Å². The van der Waals surface area contributed by atoms with Gasteiger partial charge in [0.2, 0.25) is 5.71 Å². The van der Waals surface area contributed by atoms with E-state index < -0.39 is 0 Å². The average molecular weight is 753 g/mol. The summed E-state index contributed by atoms with van der Waals surface area (Å²) in [6.07, 6.45) is 0. The van der Waals surface area contributed by atoms with Crippen molar-refractivity contribution in [3.05, 3.63) is 218 Å². The van der Waals surface area contributed by atoms with Crippen LogP contribution in [0.15, 0.2) is 223 Å². The molecule has 12 aromatic rings. The van der Waals surface area contributed by atoms with Gasteiger partial charge in [0.1, 0.15) is 5.58 Å². The lowest BCUT2D eigenvalue weighted by Crippen LogP contribution is -1.94. The van der Waals surface area contributed by atoms with Crippen molar-refractivity contribution in [2.75, 3.05) is 0 Å². The second-order valence-corrected chi connectivity index (χ2v) is 15.3. The van der Waals surface area contributed by atoms with E-state index in [-0.39, 0.29) is 0 Å². The molecular weight excluding hydrogens is 717 g/mol. The Morgan fingerprint density at radius 1 is 0.271 bits per heavy atom. The van der Waals surface area contributed by atoms with Gasteiger partial charge in [-0.1, -0.05) is 152 Å². The summed E-state index contributed by atoms with van der Waals surface area (Å²) in [5.41, 5.74) is 17.0. The molecule has 276 valence electrons. The fourth-order valence-electron chi connectivity index (χ4n) is 9.08. The van der Waals surface area contributed by atoms with E-state index in [2.05, 4.69) is 221 Å². The largest absolute Gasteiger partial charge is 0.439 e.